The number of methoxy groups -OCH3 is 1. The number of carbonyl (C=O) groups is 1. The number of ether oxygens (including phenoxy) is 1. The van der Waals surface area contributed by atoms with Gasteiger partial charge in [-0.2, -0.15) is 0 Å². The zero-order valence-electron chi connectivity index (χ0n) is 17.2. The Hall–Kier alpha value is -3.67. The van der Waals surface area contributed by atoms with Crippen molar-refractivity contribution in [3.05, 3.63) is 90.0 Å². The molecule has 4 aromatic rings. The van der Waals surface area contributed by atoms with E-state index in [1.54, 1.807) is 25.3 Å². The van der Waals surface area contributed by atoms with Crippen LogP contribution in [0, 0.1) is 5.82 Å². The first-order chi connectivity index (χ1) is 15.2. The summed E-state index contributed by atoms with van der Waals surface area (Å²) in [4.78, 5) is 19.2. The highest BCUT2D eigenvalue weighted by Gasteiger charge is 2.35. The first-order valence-corrected chi connectivity index (χ1v) is 10.3. The standard InChI is InChI=1S/C25H22FN3O2/c1-31-23-13-7-2-8-17(23)15-29-22-12-6-4-10-20(22)27-25(29)18-14-24(30)28(16-18)21-11-5-3-9-19(21)26/h2-13,18H,14-16H2,1H3. The number of anilines is 1. The molecule has 5 nitrogen and oxygen atoms in total. The quantitative estimate of drug-likeness (QED) is 0.473. The highest BCUT2D eigenvalue weighted by molar-refractivity contribution is 5.96. The molecule has 1 atom stereocenters. The second-order valence-corrected chi connectivity index (χ2v) is 7.71. The Kier molecular flexibility index (Phi) is 4.90. The van der Waals surface area contributed by atoms with Gasteiger partial charge in [-0.3, -0.25) is 4.79 Å². The lowest BCUT2D eigenvalue weighted by Gasteiger charge is -2.18. The number of para-hydroxylation sites is 4. The molecule has 0 saturated carbocycles. The van der Waals surface area contributed by atoms with Crippen LogP contribution >= 0.6 is 0 Å². The predicted molar refractivity (Wildman–Crippen MR) is 118 cm³/mol. The van der Waals surface area contributed by atoms with E-state index < -0.39 is 0 Å². The summed E-state index contributed by atoms with van der Waals surface area (Å²) in [5.41, 5.74) is 3.23. The second-order valence-electron chi connectivity index (χ2n) is 7.71. The van der Waals surface area contributed by atoms with Crippen LogP contribution in [-0.4, -0.2) is 29.1 Å². The van der Waals surface area contributed by atoms with Crippen molar-refractivity contribution < 1.29 is 13.9 Å². The fourth-order valence-electron chi connectivity index (χ4n) is 4.36. The van der Waals surface area contributed by atoms with Crippen LogP contribution in [0.2, 0.25) is 0 Å². The number of amides is 1. The third-order valence-corrected chi connectivity index (χ3v) is 5.84. The normalized spacial score (nSPS) is 16.3. The maximum atomic E-state index is 14.3. The third-order valence-electron chi connectivity index (χ3n) is 5.84. The lowest BCUT2D eigenvalue weighted by Crippen LogP contribution is -2.25. The van der Waals surface area contributed by atoms with Crippen LogP contribution < -0.4 is 9.64 Å². The van der Waals surface area contributed by atoms with E-state index in [-0.39, 0.29) is 17.6 Å². The number of halogens is 1. The van der Waals surface area contributed by atoms with E-state index in [1.807, 2.05) is 48.5 Å². The number of imidazole rings is 1. The van der Waals surface area contributed by atoms with Gasteiger partial charge < -0.3 is 14.2 Å². The fraction of sp³-hybridized carbons (Fsp3) is 0.200. The summed E-state index contributed by atoms with van der Waals surface area (Å²) in [5.74, 6) is 1.03. The summed E-state index contributed by atoms with van der Waals surface area (Å²) >= 11 is 0. The Bertz CT molecular complexity index is 1270. The number of nitrogens with zero attached hydrogens (tertiary/aromatic N) is 3. The van der Waals surface area contributed by atoms with Crippen molar-refractivity contribution in [3.8, 4) is 5.75 Å². The molecule has 1 amide bonds. The monoisotopic (exact) mass is 415 g/mol. The smallest absolute Gasteiger partial charge is 0.227 e. The molecule has 1 saturated heterocycles. The highest BCUT2D eigenvalue weighted by Crippen LogP contribution is 2.35. The van der Waals surface area contributed by atoms with Crippen LogP contribution in [0.1, 0.15) is 23.7 Å². The molecule has 0 spiro atoms. The molecule has 1 aliphatic heterocycles. The summed E-state index contributed by atoms with van der Waals surface area (Å²) < 4.78 is 22.0. The van der Waals surface area contributed by atoms with E-state index in [0.717, 1.165) is 28.2 Å². The number of benzene rings is 3. The van der Waals surface area contributed by atoms with E-state index in [9.17, 15) is 9.18 Å². The molecular formula is C25H22FN3O2. The number of rotatable bonds is 5. The minimum atomic E-state index is -0.390. The molecular weight excluding hydrogens is 393 g/mol. The number of carbonyl (C=O) groups excluding carboxylic acids is 1. The van der Waals surface area contributed by atoms with Gasteiger partial charge in [0.05, 0.1) is 30.4 Å². The average Bonchev–Trinajstić information content (AvgIpc) is 3.35. The SMILES string of the molecule is COc1ccccc1Cn1c(C2CC(=O)N(c3ccccc3F)C2)nc2ccccc21. The fourth-order valence-corrected chi connectivity index (χ4v) is 4.36. The first kappa shape index (κ1) is 19.3. The Morgan fingerprint density at radius 2 is 1.77 bits per heavy atom. The van der Waals surface area contributed by atoms with Gasteiger partial charge in [-0.05, 0) is 30.3 Å². The summed E-state index contributed by atoms with van der Waals surface area (Å²) in [6, 6.07) is 22.2. The molecule has 0 radical (unpaired) electrons. The van der Waals surface area contributed by atoms with Crippen molar-refractivity contribution in [2.24, 2.45) is 0 Å². The van der Waals surface area contributed by atoms with Crippen LogP contribution in [0.3, 0.4) is 0 Å². The van der Waals surface area contributed by atoms with E-state index in [1.165, 1.54) is 11.0 Å². The molecule has 3 aromatic carbocycles. The summed E-state index contributed by atoms with van der Waals surface area (Å²) in [6.07, 6.45) is 0.295. The van der Waals surface area contributed by atoms with E-state index in [0.29, 0.717) is 25.2 Å². The van der Waals surface area contributed by atoms with Gasteiger partial charge in [0.15, 0.2) is 0 Å². The summed E-state index contributed by atoms with van der Waals surface area (Å²) in [7, 11) is 1.66. The molecule has 0 bridgehead atoms. The van der Waals surface area contributed by atoms with Gasteiger partial charge in [0.1, 0.15) is 17.4 Å². The Morgan fingerprint density at radius 1 is 1.03 bits per heavy atom. The van der Waals surface area contributed by atoms with Crippen molar-refractivity contribution in [2.75, 3.05) is 18.6 Å². The molecule has 1 aliphatic rings. The van der Waals surface area contributed by atoms with Crippen molar-refractivity contribution >= 4 is 22.6 Å². The van der Waals surface area contributed by atoms with Crippen LogP contribution in [0.25, 0.3) is 11.0 Å². The predicted octanol–water partition coefficient (Wildman–Crippen LogP) is 4.75. The van der Waals surface area contributed by atoms with E-state index in [2.05, 4.69) is 4.57 Å². The molecule has 156 valence electrons. The van der Waals surface area contributed by atoms with Crippen molar-refractivity contribution in [3.63, 3.8) is 0 Å². The Labute approximate surface area is 179 Å². The van der Waals surface area contributed by atoms with Gasteiger partial charge in [0, 0.05) is 24.4 Å². The summed E-state index contributed by atoms with van der Waals surface area (Å²) in [5, 5.41) is 0. The zero-order chi connectivity index (χ0) is 21.4. The maximum absolute atomic E-state index is 14.3. The number of aromatic nitrogens is 2. The Morgan fingerprint density at radius 3 is 2.61 bits per heavy atom. The highest BCUT2D eigenvalue weighted by atomic mass is 19.1. The Balaban J connectivity index is 1.55. The van der Waals surface area contributed by atoms with Crippen LogP contribution in [0.5, 0.6) is 5.75 Å². The molecule has 6 heteroatoms. The minimum Gasteiger partial charge on any atom is -0.496 e. The maximum Gasteiger partial charge on any atom is 0.227 e. The largest absolute Gasteiger partial charge is 0.496 e. The van der Waals surface area contributed by atoms with E-state index in [4.69, 9.17) is 9.72 Å². The van der Waals surface area contributed by atoms with Gasteiger partial charge in [-0.1, -0.05) is 42.5 Å². The van der Waals surface area contributed by atoms with Crippen molar-refractivity contribution in [1.82, 2.24) is 9.55 Å². The molecule has 2 heterocycles. The third kappa shape index (κ3) is 3.44. The van der Waals surface area contributed by atoms with Gasteiger partial charge in [-0.25, -0.2) is 9.37 Å². The molecule has 1 fully saturated rings. The molecule has 0 N–H and O–H groups in total. The zero-order valence-corrected chi connectivity index (χ0v) is 17.2. The first-order valence-electron chi connectivity index (χ1n) is 10.3. The number of hydrogen-bond donors (Lipinski definition) is 0. The van der Waals surface area contributed by atoms with Gasteiger partial charge in [0.2, 0.25) is 5.91 Å². The van der Waals surface area contributed by atoms with Gasteiger partial charge in [0.25, 0.3) is 0 Å². The molecule has 0 aliphatic carbocycles. The van der Waals surface area contributed by atoms with Crippen LogP contribution in [0.15, 0.2) is 72.8 Å². The topological polar surface area (TPSA) is 47.4 Å². The lowest BCUT2D eigenvalue weighted by molar-refractivity contribution is -0.117. The lowest BCUT2D eigenvalue weighted by atomic mass is 10.1. The van der Waals surface area contributed by atoms with Gasteiger partial charge >= 0.3 is 0 Å². The molecule has 5 rings (SSSR count). The minimum absolute atomic E-state index is 0.0917. The van der Waals surface area contributed by atoms with Crippen molar-refractivity contribution in [2.45, 2.75) is 18.9 Å². The molecule has 1 aromatic heterocycles. The molecule has 31 heavy (non-hydrogen) atoms. The number of hydrogen-bond acceptors (Lipinski definition) is 3. The molecule has 1 unspecified atom stereocenters. The van der Waals surface area contributed by atoms with Crippen molar-refractivity contribution in [1.29, 1.82) is 0 Å². The van der Waals surface area contributed by atoms with Gasteiger partial charge in [-0.15, -0.1) is 0 Å². The average molecular weight is 415 g/mol. The van der Waals surface area contributed by atoms with Crippen LogP contribution in [0.4, 0.5) is 10.1 Å². The van der Waals surface area contributed by atoms with E-state index >= 15 is 0 Å². The number of fused-ring (bicyclic) bond motifs is 1. The summed E-state index contributed by atoms with van der Waals surface area (Å²) in [6.45, 7) is 0.971. The van der Waals surface area contributed by atoms with Crippen LogP contribution in [-0.2, 0) is 11.3 Å². The second kappa shape index (κ2) is 7.87.